The van der Waals surface area contributed by atoms with Gasteiger partial charge in [0.25, 0.3) is 0 Å². The molecule has 0 fully saturated rings. The van der Waals surface area contributed by atoms with Crippen LogP contribution in [0.3, 0.4) is 0 Å². The zero-order valence-corrected chi connectivity index (χ0v) is 9.66. The van der Waals surface area contributed by atoms with E-state index in [1.165, 1.54) is 0 Å². The Kier molecular flexibility index (Phi) is 3.00. The summed E-state index contributed by atoms with van der Waals surface area (Å²) in [6, 6.07) is 1.91. The Hall–Kier alpha value is -0.830. The van der Waals surface area contributed by atoms with E-state index in [9.17, 15) is 0 Å². The first-order valence-electron chi connectivity index (χ1n) is 5.05. The molecule has 3 heteroatoms. The Balaban J connectivity index is 2.89. The second-order valence-electron chi connectivity index (χ2n) is 5.13. The Labute approximate surface area is 85.7 Å². The van der Waals surface area contributed by atoms with Gasteiger partial charge in [0.2, 0.25) is 0 Å². The molecule has 3 nitrogen and oxygen atoms in total. The summed E-state index contributed by atoms with van der Waals surface area (Å²) in [7, 11) is 0. The van der Waals surface area contributed by atoms with Crippen LogP contribution in [0.25, 0.3) is 0 Å². The molecule has 0 amide bonds. The van der Waals surface area contributed by atoms with Gasteiger partial charge >= 0.3 is 0 Å². The van der Waals surface area contributed by atoms with Gasteiger partial charge in [0.05, 0.1) is 11.7 Å². The Morgan fingerprint density at radius 1 is 1.36 bits per heavy atom. The standard InChI is InChI=1S/C11H20N2O/c1-7(2)10(12)8-6-9(13-14-8)11(3,4)5/h6-7,10H,12H2,1-5H3. The molecular weight excluding hydrogens is 176 g/mol. The number of aromatic nitrogens is 1. The van der Waals surface area contributed by atoms with Crippen LogP contribution in [0.4, 0.5) is 0 Å². The summed E-state index contributed by atoms with van der Waals surface area (Å²) in [5.41, 5.74) is 6.95. The summed E-state index contributed by atoms with van der Waals surface area (Å²) in [6.07, 6.45) is 0. The molecule has 80 valence electrons. The van der Waals surface area contributed by atoms with E-state index >= 15 is 0 Å². The van der Waals surface area contributed by atoms with Crippen LogP contribution >= 0.6 is 0 Å². The molecule has 1 heterocycles. The monoisotopic (exact) mass is 196 g/mol. The third-order valence-electron chi connectivity index (χ3n) is 2.34. The molecule has 1 atom stereocenters. The van der Waals surface area contributed by atoms with Crippen molar-refractivity contribution in [3.05, 3.63) is 17.5 Å². The molecule has 0 aliphatic rings. The third-order valence-corrected chi connectivity index (χ3v) is 2.34. The van der Waals surface area contributed by atoms with Gasteiger partial charge in [0.15, 0.2) is 5.76 Å². The molecule has 0 saturated heterocycles. The van der Waals surface area contributed by atoms with E-state index in [1.54, 1.807) is 0 Å². The second kappa shape index (κ2) is 3.73. The molecule has 14 heavy (non-hydrogen) atoms. The first-order chi connectivity index (χ1) is 6.32. The highest BCUT2D eigenvalue weighted by Gasteiger charge is 2.22. The van der Waals surface area contributed by atoms with Crippen molar-refractivity contribution in [1.82, 2.24) is 5.16 Å². The summed E-state index contributed by atoms with van der Waals surface area (Å²) in [6.45, 7) is 10.5. The van der Waals surface area contributed by atoms with Crippen LogP contribution in [0.15, 0.2) is 10.6 Å². The molecule has 0 spiro atoms. The van der Waals surface area contributed by atoms with Crippen molar-refractivity contribution in [3.63, 3.8) is 0 Å². The van der Waals surface area contributed by atoms with Gasteiger partial charge in [-0.1, -0.05) is 39.8 Å². The maximum Gasteiger partial charge on any atom is 0.153 e. The van der Waals surface area contributed by atoms with Crippen LogP contribution < -0.4 is 5.73 Å². The van der Waals surface area contributed by atoms with Gasteiger partial charge in [-0.25, -0.2) is 0 Å². The van der Waals surface area contributed by atoms with Gasteiger partial charge in [-0.3, -0.25) is 0 Å². The zero-order valence-electron chi connectivity index (χ0n) is 9.66. The molecule has 0 saturated carbocycles. The molecule has 0 aliphatic heterocycles. The molecule has 0 aromatic carbocycles. The highest BCUT2D eigenvalue weighted by Crippen LogP contribution is 2.25. The number of nitrogens with two attached hydrogens (primary N) is 1. The molecule has 0 radical (unpaired) electrons. The molecule has 1 aromatic rings. The molecule has 0 bridgehead atoms. The average molecular weight is 196 g/mol. The van der Waals surface area contributed by atoms with Gasteiger partial charge < -0.3 is 10.3 Å². The van der Waals surface area contributed by atoms with E-state index in [-0.39, 0.29) is 11.5 Å². The van der Waals surface area contributed by atoms with Crippen LogP contribution in [-0.4, -0.2) is 5.16 Å². The van der Waals surface area contributed by atoms with E-state index in [4.69, 9.17) is 10.3 Å². The Morgan fingerprint density at radius 2 is 1.93 bits per heavy atom. The highest BCUT2D eigenvalue weighted by molar-refractivity contribution is 5.16. The summed E-state index contributed by atoms with van der Waals surface area (Å²) >= 11 is 0. The van der Waals surface area contributed by atoms with Crippen molar-refractivity contribution in [2.45, 2.75) is 46.1 Å². The summed E-state index contributed by atoms with van der Waals surface area (Å²) in [5, 5.41) is 4.04. The second-order valence-corrected chi connectivity index (χ2v) is 5.13. The van der Waals surface area contributed by atoms with Crippen LogP contribution in [0, 0.1) is 5.92 Å². The first-order valence-corrected chi connectivity index (χ1v) is 5.05. The third kappa shape index (κ3) is 2.35. The normalized spacial score (nSPS) is 14.8. The molecule has 0 aliphatic carbocycles. The summed E-state index contributed by atoms with van der Waals surface area (Å²) in [4.78, 5) is 0. The topological polar surface area (TPSA) is 52.0 Å². The lowest BCUT2D eigenvalue weighted by Gasteiger charge is -2.13. The van der Waals surface area contributed by atoms with Gasteiger partial charge in [-0.2, -0.15) is 0 Å². The quantitative estimate of drug-likeness (QED) is 0.791. The predicted octanol–water partition coefficient (Wildman–Crippen LogP) is 2.63. The number of hydrogen-bond donors (Lipinski definition) is 1. The maximum atomic E-state index is 5.96. The highest BCUT2D eigenvalue weighted by atomic mass is 16.5. The van der Waals surface area contributed by atoms with E-state index in [0.717, 1.165) is 11.5 Å². The van der Waals surface area contributed by atoms with Crippen molar-refractivity contribution in [2.75, 3.05) is 0 Å². The van der Waals surface area contributed by atoms with Crippen LogP contribution in [-0.2, 0) is 5.41 Å². The van der Waals surface area contributed by atoms with Gasteiger partial charge in [0, 0.05) is 11.5 Å². The predicted molar refractivity (Wildman–Crippen MR) is 57.0 cm³/mol. The van der Waals surface area contributed by atoms with Gasteiger partial charge in [-0.05, 0) is 5.92 Å². The molecular formula is C11H20N2O. The van der Waals surface area contributed by atoms with Crippen LogP contribution in [0.1, 0.15) is 52.1 Å². The SMILES string of the molecule is CC(C)C(N)c1cc(C(C)(C)C)no1. The Morgan fingerprint density at radius 3 is 2.29 bits per heavy atom. The fourth-order valence-electron chi connectivity index (χ4n) is 1.13. The lowest BCUT2D eigenvalue weighted by atomic mass is 9.91. The van der Waals surface area contributed by atoms with E-state index < -0.39 is 0 Å². The fraction of sp³-hybridized carbons (Fsp3) is 0.727. The van der Waals surface area contributed by atoms with Gasteiger partial charge in [-0.15, -0.1) is 0 Å². The van der Waals surface area contributed by atoms with Crippen molar-refractivity contribution in [3.8, 4) is 0 Å². The smallest absolute Gasteiger partial charge is 0.153 e. The summed E-state index contributed by atoms with van der Waals surface area (Å²) < 4.78 is 5.24. The number of nitrogens with zero attached hydrogens (tertiary/aromatic N) is 1. The minimum atomic E-state index is -0.0569. The zero-order chi connectivity index (χ0) is 10.9. The van der Waals surface area contributed by atoms with E-state index in [2.05, 4.69) is 39.8 Å². The minimum absolute atomic E-state index is 0.0262. The number of rotatable bonds is 2. The fourth-order valence-corrected chi connectivity index (χ4v) is 1.13. The molecule has 2 N–H and O–H groups in total. The van der Waals surface area contributed by atoms with Crippen molar-refractivity contribution >= 4 is 0 Å². The van der Waals surface area contributed by atoms with Crippen LogP contribution in [0.2, 0.25) is 0 Å². The largest absolute Gasteiger partial charge is 0.359 e. The number of hydrogen-bond acceptors (Lipinski definition) is 3. The van der Waals surface area contributed by atoms with Crippen molar-refractivity contribution in [1.29, 1.82) is 0 Å². The lowest BCUT2D eigenvalue weighted by Crippen LogP contribution is -2.16. The first kappa shape index (κ1) is 11.2. The lowest BCUT2D eigenvalue weighted by molar-refractivity contribution is 0.323. The van der Waals surface area contributed by atoms with Crippen molar-refractivity contribution in [2.24, 2.45) is 11.7 Å². The Bertz CT molecular complexity index is 296. The van der Waals surface area contributed by atoms with E-state index in [1.807, 2.05) is 6.07 Å². The molecule has 1 unspecified atom stereocenters. The molecule has 1 aromatic heterocycles. The molecule has 1 rings (SSSR count). The summed E-state index contributed by atoms with van der Waals surface area (Å²) in [5.74, 6) is 1.15. The minimum Gasteiger partial charge on any atom is -0.359 e. The average Bonchev–Trinajstić information content (AvgIpc) is 2.49. The van der Waals surface area contributed by atoms with Gasteiger partial charge in [0.1, 0.15) is 0 Å². The van der Waals surface area contributed by atoms with Crippen molar-refractivity contribution < 1.29 is 4.52 Å². The maximum absolute atomic E-state index is 5.96. The van der Waals surface area contributed by atoms with Crippen LogP contribution in [0.5, 0.6) is 0 Å². The van der Waals surface area contributed by atoms with E-state index in [0.29, 0.717) is 5.92 Å².